The van der Waals surface area contributed by atoms with E-state index in [1.807, 2.05) is 0 Å². The Balaban J connectivity index is 0.000000917. The van der Waals surface area contributed by atoms with E-state index in [2.05, 4.69) is 146 Å². The van der Waals surface area contributed by atoms with E-state index in [0.717, 1.165) is 10.6 Å². The van der Waals surface area contributed by atoms with Crippen LogP contribution in [0.25, 0.3) is 0 Å². The van der Waals surface area contributed by atoms with Crippen molar-refractivity contribution in [1.29, 1.82) is 0 Å². The predicted molar refractivity (Wildman–Crippen MR) is 153 cm³/mol. The SMILES string of the molecule is C1=CC[N+](P(c2ccccc2)c2ccccc2)(P(c2ccccc2)c2ccccc2)C=C1.[Cl][Pd][Cl]. The average molecular weight is 628 g/mol. The molecule has 0 radical (unpaired) electrons. The molecule has 0 N–H and O–H groups in total. The van der Waals surface area contributed by atoms with Gasteiger partial charge in [0.25, 0.3) is 0 Å². The number of halogens is 2. The molecule has 1 heterocycles. The first-order valence-corrected chi connectivity index (χ1v) is 17.8. The normalized spacial score (nSPS) is 14.1. The van der Waals surface area contributed by atoms with Crippen LogP contribution in [0, 0.1) is 0 Å². The van der Waals surface area contributed by atoms with E-state index in [0.29, 0.717) is 0 Å². The van der Waals surface area contributed by atoms with Crippen molar-refractivity contribution in [2.75, 3.05) is 6.54 Å². The van der Waals surface area contributed by atoms with Gasteiger partial charge in [-0.05, 0) is 60.7 Å². The Morgan fingerprint density at radius 1 is 0.514 bits per heavy atom. The molecule has 1 aliphatic rings. The van der Waals surface area contributed by atoms with Crippen LogP contribution >= 0.6 is 35.2 Å². The van der Waals surface area contributed by atoms with Gasteiger partial charge in [-0.1, -0.05) is 78.9 Å². The molecule has 0 saturated heterocycles. The summed E-state index contributed by atoms with van der Waals surface area (Å²) in [6.07, 6.45) is 9.27. The molecule has 6 heteroatoms. The van der Waals surface area contributed by atoms with Crippen molar-refractivity contribution in [2.24, 2.45) is 0 Å². The molecule has 0 saturated carbocycles. The van der Waals surface area contributed by atoms with Crippen molar-refractivity contribution >= 4 is 56.4 Å². The van der Waals surface area contributed by atoms with Crippen molar-refractivity contribution in [2.45, 2.75) is 0 Å². The monoisotopic (exact) mass is 626 g/mol. The van der Waals surface area contributed by atoms with Crippen LogP contribution in [-0.4, -0.2) is 10.6 Å². The molecule has 35 heavy (non-hydrogen) atoms. The zero-order valence-corrected chi connectivity index (χ0v) is 23.8. The molecular formula is C29H26Cl2NP2Pd+. The third-order valence-corrected chi connectivity index (χ3v) is 11.8. The zero-order chi connectivity index (χ0) is 24.3. The number of rotatable bonds is 6. The fourth-order valence-electron chi connectivity index (χ4n) is 4.30. The van der Waals surface area contributed by atoms with Gasteiger partial charge in [-0.15, -0.1) is 0 Å². The third kappa shape index (κ3) is 6.41. The molecule has 4 aromatic rings. The van der Waals surface area contributed by atoms with Gasteiger partial charge in [0.2, 0.25) is 0 Å². The summed E-state index contributed by atoms with van der Waals surface area (Å²) in [6, 6.07) is 44.4. The van der Waals surface area contributed by atoms with Crippen LogP contribution in [0.1, 0.15) is 0 Å². The first-order valence-electron chi connectivity index (χ1n) is 11.2. The molecule has 0 bridgehead atoms. The maximum atomic E-state index is 4.81. The second-order valence-corrected chi connectivity index (χ2v) is 15.2. The molecule has 5 rings (SSSR count). The van der Waals surface area contributed by atoms with Gasteiger partial charge in [0.05, 0.1) is 6.20 Å². The van der Waals surface area contributed by atoms with E-state index in [9.17, 15) is 0 Å². The summed E-state index contributed by atoms with van der Waals surface area (Å²) in [4.78, 5) is 0. The van der Waals surface area contributed by atoms with Gasteiger partial charge in [0.15, 0.2) is 16.1 Å². The van der Waals surface area contributed by atoms with Gasteiger partial charge in [0, 0.05) is 21.2 Å². The van der Waals surface area contributed by atoms with E-state index in [4.69, 9.17) is 19.1 Å². The molecule has 0 spiro atoms. The predicted octanol–water partition coefficient (Wildman–Crippen LogP) is 7.36. The van der Waals surface area contributed by atoms with Gasteiger partial charge in [-0.3, -0.25) is 4.02 Å². The summed E-state index contributed by atoms with van der Waals surface area (Å²) in [5.41, 5.74) is 0. The molecule has 0 amide bonds. The minimum absolute atomic E-state index is 0.106. The standard InChI is InChI=1S/C29H26NP2.2ClH.Pd/c1-6-16-26(17-7-1)31(27-18-8-2-9-19-27)30(24-14-5-15-25-30)32(28-20-10-3-11-21-28)29-22-12-4-13-23-29;;;/h1-24H,25H2;2*1H;/q+1;;;+2/p-2. The number of hydrogen-bond acceptors (Lipinski definition) is 0. The number of allylic oxidation sites excluding steroid dienone is 2. The second kappa shape index (κ2) is 13.7. The molecule has 0 aromatic heterocycles. The van der Waals surface area contributed by atoms with Crippen LogP contribution in [0.4, 0.5) is 0 Å². The molecule has 180 valence electrons. The van der Waals surface area contributed by atoms with Crippen molar-refractivity contribution in [1.82, 2.24) is 0 Å². The summed E-state index contributed by atoms with van der Waals surface area (Å²) in [6.45, 7) is 0.974. The quantitative estimate of drug-likeness (QED) is 0.155. The van der Waals surface area contributed by atoms with E-state index < -0.39 is 16.1 Å². The number of benzene rings is 4. The Kier molecular flexibility index (Phi) is 10.3. The number of quaternary nitrogens is 1. The molecule has 1 aliphatic heterocycles. The van der Waals surface area contributed by atoms with Crippen LogP contribution in [0.3, 0.4) is 0 Å². The van der Waals surface area contributed by atoms with E-state index >= 15 is 0 Å². The summed E-state index contributed by atoms with van der Waals surface area (Å²) in [5, 5.41) is 5.64. The molecule has 0 fully saturated rings. The maximum absolute atomic E-state index is 4.81. The first kappa shape index (κ1) is 26.5. The zero-order valence-electron chi connectivity index (χ0n) is 19.0. The topological polar surface area (TPSA) is 0 Å². The Morgan fingerprint density at radius 3 is 1.09 bits per heavy atom. The van der Waals surface area contributed by atoms with Crippen LogP contribution in [-0.2, 0) is 15.9 Å². The molecule has 1 nitrogen and oxygen atoms in total. The molecule has 0 atom stereocenters. The van der Waals surface area contributed by atoms with Gasteiger partial charge in [-0.2, -0.15) is 0 Å². The Labute approximate surface area is 227 Å². The van der Waals surface area contributed by atoms with E-state index in [1.165, 1.54) is 21.2 Å². The molecule has 4 aromatic carbocycles. The van der Waals surface area contributed by atoms with Crippen molar-refractivity contribution in [3.8, 4) is 0 Å². The van der Waals surface area contributed by atoms with Crippen LogP contribution in [0.5, 0.6) is 0 Å². The summed E-state index contributed by atoms with van der Waals surface area (Å²) >= 11 is -0.106. The van der Waals surface area contributed by atoms with Gasteiger partial charge < -0.3 is 0 Å². The fourth-order valence-corrected chi connectivity index (χ4v) is 11.2. The number of nitrogens with zero attached hydrogens (tertiary/aromatic N) is 1. The third-order valence-electron chi connectivity index (χ3n) is 5.64. The Bertz CT molecular complexity index is 1060. The fraction of sp³-hybridized carbons (Fsp3) is 0.0345. The number of hydrogen-bond donors (Lipinski definition) is 0. The van der Waals surface area contributed by atoms with Gasteiger partial charge in [-0.25, -0.2) is 0 Å². The summed E-state index contributed by atoms with van der Waals surface area (Å²) < 4.78 is 0.906. The molecule has 0 aliphatic carbocycles. The Hall–Kier alpha value is -1.58. The molecule has 0 unspecified atom stereocenters. The second-order valence-electron chi connectivity index (χ2n) is 7.75. The Morgan fingerprint density at radius 2 is 0.829 bits per heavy atom. The summed E-state index contributed by atoms with van der Waals surface area (Å²) in [5.74, 6) is 0. The van der Waals surface area contributed by atoms with Gasteiger partial charge >= 0.3 is 35.0 Å². The van der Waals surface area contributed by atoms with Gasteiger partial charge in [0.1, 0.15) is 6.54 Å². The van der Waals surface area contributed by atoms with Crippen molar-refractivity contribution < 1.29 is 20.0 Å². The summed E-state index contributed by atoms with van der Waals surface area (Å²) in [7, 11) is 8.20. The van der Waals surface area contributed by atoms with Crippen LogP contribution in [0.15, 0.2) is 146 Å². The molecular weight excluding hydrogens is 602 g/mol. The van der Waals surface area contributed by atoms with Crippen molar-refractivity contribution in [3.05, 3.63) is 146 Å². The minimum atomic E-state index is -0.712. The van der Waals surface area contributed by atoms with E-state index in [1.54, 1.807) is 0 Å². The van der Waals surface area contributed by atoms with Crippen LogP contribution in [0.2, 0.25) is 0 Å². The van der Waals surface area contributed by atoms with Crippen molar-refractivity contribution in [3.63, 3.8) is 0 Å². The van der Waals surface area contributed by atoms with E-state index in [-0.39, 0.29) is 15.9 Å². The average Bonchev–Trinajstić information content (AvgIpc) is 2.92. The first-order chi connectivity index (χ1) is 17.3. The van der Waals surface area contributed by atoms with Crippen LogP contribution < -0.4 is 21.2 Å².